The van der Waals surface area contributed by atoms with Crippen molar-refractivity contribution in [3.63, 3.8) is 0 Å². The molecule has 0 aliphatic rings. The highest BCUT2D eigenvalue weighted by molar-refractivity contribution is 7.90. The number of nitrogens with zero attached hydrogens (tertiary/aromatic N) is 3. The van der Waals surface area contributed by atoms with Gasteiger partial charge in [0.2, 0.25) is 0 Å². The van der Waals surface area contributed by atoms with Crippen molar-refractivity contribution in [2.24, 2.45) is 0 Å². The van der Waals surface area contributed by atoms with Crippen molar-refractivity contribution < 1.29 is 18.3 Å². The van der Waals surface area contributed by atoms with Crippen LogP contribution in [0.15, 0.2) is 17.0 Å². The SMILES string of the molecule is CCCN(CCC)c1c([N+](=O)[O-])ccc(S(C)(=O)=O)c1[N+](=O)[O-]. The standard InChI is InChI=1S/C13H19N3O6S/c1-4-8-14(9-5-2)12-10(15(17)18)6-7-11(23(3,21)22)13(12)16(19)20/h6-7H,4-5,8-9H2,1-3H3. The lowest BCUT2D eigenvalue weighted by Crippen LogP contribution is -2.27. The Kier molecular flexibility index (Phi) is 6.02. The number of anilines is 1. The highest BCUT2D eigenvalue weighted by atomic mass is 32.2. The number of hydrogen-bond donors (Lipinski definition) is 0. The Morgan fingerprint density at radius 3 is 1.91 bits per heavy atom. The number of rotatable bonds is 8. The summed E-state index contributed by atoms with van der Waals surface area (Å²) in [5.41, 5.74) is -1.44. The van der Waals surface area contributed by atoms with Gasteiger partial charge in [-0.05, 0) is 18.9 Å². The maximum atomic E-state index is 11.8. The minimum Gasteiger partial charge on any atom is -0.360 e. The summed E-state index contributed by atoms with van der Waals surface area (Å²) >= 11 is 0. The fourth-order valence-electron chi connectivity index (χ4n) is 2.36. The molecule has 128 valence electrons. The van der Waals surface area contributed by atoms with Gasteiger partial charge in [-0.15, -0.1) is 0 Å². The highest BCUT2D eigenvalue weighted by Gasteiger charge is 2.35. The summed E-state index contributed by atoms with van der Waals surface area (Å²) < 4.78 is 23.7. The van der Waals surface area contributed by atoms with Gasteiger partial charge in [0.25, 0.3) is 5.69 Å². The second kappa shape index (κ2) is 7.36. The summed E-state index contributed by atoms with van der Waals surface area (Å²) in [5, 5.41) is 22.7. The van der Waals surface area contributed by atoms with Crippen LogP contribution in [0.25, 0.3) is 0 Å². The summed E-state index contributed by atoms with van der Waals surface area (Å²) in [6.07, 6.45) is 2.06. The molecule has 0 bridgehead atoms. The summed E-state index contributed by atoms with van der Waals surface area (Å²) in [5.74, 6) is 0. The fraction of sp³-hybridized carbons (Fsp3) is 0.538. The average molecular weight is 345 g/mol. The molecule has 0 spiro atoms. The van der Waals surface area contributed by atoms with Crippen molar-refractivity contribution in [2.45, 2.75) is 31.6 Å². The van der Waals surface area contributed by atoms with E-state index in [1.54, 1.807) is 0 Å². The first-order valence-corrected chi connectivity index (χ1v) is 8.95. The molecule has 1 aromatic carbocycles. The van der Waals surface area contributed by atoms with Crippen LogP contribution in [0.1, 0.15) is 26.7 Å². The summed E-state index contributed by atoms with van der Waals surface area (Å²) in [4.78, 5) is 22.1. The van der Waals surface area contributed by atoms with Crippen molar-refractivity contribution in [2.75, 3.05) is 24.2 Å². The van der Waals surface area contributed by atoms with Crippen LogP contribution in [-0.4, -0.2) is 37.6 Å². The Morgan fingerprint density at radius 2 is 1.57 bits per heavy atom. The molecular formula is C13H19N3O6S. The molecule has 0 unspecified atom stereocenters. The third-order valence-corrected chi connectivity index (χ3v) is 4.30. The normalized spacial score (nSPS) is 11.3. The lowest BCUT2D eigenvalue weighted by atomic mass is 10.2. The zero-order valence-electron chi connectivity index (χ0n) is 13.2. The van der Waals surface area contributed by atoms with Gasteiger partial charge in [0, 0.05) is 25.4 Å². The van der Waals surface area contributed by atoms with Gasteiger partial charge < -0.3 is 4.90 Å². The first-order chi connectivity index (χ1) is 10.6. The third kappa shape index (κ3) is 4.15. The number of nitro benzene ring substituents is 2. The zero-order chi connectivity index (χ0) is 17.8. The smallest absolute Gasteiger partial charge is 0.318 e. The van der Waals surface area contributed by atoms with E-state index in [1.165, 1.54) is 4.90 Å². The van der Waals surface area contributed by atoms with E-state index in [0.29, 0.717) is 25.9 Å². The molecule has 0 aliphatic carbocycles. The number of hydrogen-bond acceptors (Lipinski definition) is 7. The molecule has 10 heteroatoms. The topological polar surface area (TPSA) is 124 Å². The van der Waals surface area contributed by atoms with Crippen LogP contribution in [0.3, 0.4) is 0 Å². The van der Waals surface area contributed by atoms with E-state index >= 15 is 0 Å². The van der Waals surface area contributed by atoms with Gasteiger partial charge in [0.15, 0.2) is 15.5 Å². The molecule has 0 radical (unpaired) electrons. The van der Waals surface area contributed by atoms with Crippen LogP contribution in [0.4, 0.5) is 17.1 Å². The van der Waals surface area contributed by atoms with E-state index in [9.17, 15) is 28.6 Å². The van der Waals surface area contributed by atoms with Crippen LogP contribution in [0.2, 0.25) is 0 Å². The van der Waals surface area contributed by atoms with Gasteiger partial charge in [0.1, 0.15) is 4.90 Å². The molecule has 0 amide bonds. The van der Waals surface area contributed by atoms with Gasteiger partial charge in [-0.3, -0.25) is 20.2 Å². The molecule has 23 heavy (non-hydrogen) atoms. The molecule has 0 fully saturated rings. The van der Waals surface area contributed by atoms with E-state index in [0.717, 1.165) is 18.4 Å². The van der Waals surface area contributed by atoms with Crippen LogP contribution in [-0.2, 0) is 9.84 Å². The van der Waals surface area contributed by atoms with Gasteiger partial charge in [-0.25, -0.2) is 8.42 Å². The quantitative estimate of drug-likeness (QED) is 0.523. The highest BCUT2D eigenvalue weighted by Crippen LogP contribution is 2.42. The predicted molar refractivity (Wildman–Crippen MR) is 85.7 cm³/mol. The van der Waals surface area contributed by atoms with Gasteiger partial charge in [-0.1, -0.05) is 13.8 Å². The van der Waals surface area contributed by atoms with Crippen LogP contribution in [0, 0.1) is 20.2 Å². The second-order valence-electron chi connectivity index (χ2n) is 5.05. The Morgan fingerprint density at radius 1 is 1.04 bits per heavy atom. The van der Waals surface area contributed by atoms with Gasteiger partial charge in [0.05, 0.1) is 9.85 Å². The fourth-order valence-corrected chi connectivity index (χ4v) is 3.20. The van der Waals surface area contributed by atoms with Crippen molar-refractivity contribution in [3.05, 3.63) is 32.4 Å². The Balaban J connectivity index is 3.85. The average Bonchev–Trinajstić information content (AvgIpc) is 2.44. The molecule has 0 N–H and O–H groups in total. The van der Waals surface area contributed by atoms with Crippen LogP contribution in [0.5, 0.6) is 0 Å². The molecule has 0 aliphatic heterocycles. The monoisotopic (exact) mass is 345 g/mol. The van der Waals surface area contributed by atoms with E-state index in [4.69, 9.17) is 0 Å². The maximum absolute atomic E-state index is 11.8. The summed E-state index contributed by atoms with van der Waals surface area (Å²) in [6, 6.07) is 1.93. The van der Waals surface area contributed by atoms with E-state index in [-0.39, 0.29) is 5.69 Å². The first kappa shape index (κ1) is 18.8. The Labute approximate surface area is 134 Å². The molecule has 1 aromatic rings. The Hall–Kier alpha value is -2.23. The van der Waals surface area contributed by atoms with Gasteiger partial charge >= 0.3 is 5.69 Å². The van der Waals surface area contributed by atoms with Crippen molar-refractivity contribution >= 4 is 26.9 Å². The number of benzene rings is 1. The molecular weight excluding hydrogens is 326 g/mol. The van der Waals surface area contributed by atoms with E-state index in [2.05, 4.69) is 0 Å². The molecule has 0 atom stereocenters. The lowest BCUT2D eigenvalue weighted by Gasteiger charge is -2.23. The van der Waals surface area contributed by atoms with Crippen molar-refractivity contribution in [3.8, 4) is 0 Å². The molecule has 0 heterocycles. The molecule has 1 rings (SSSR count). The van der Waals surface area contributed by atoms with Crippen molar-refractivity contribution in [1.29, 1.82) is 0 Å². The largest absolute Gasteiger partial charge is 0.360 e. The van der Waals surface area contributed by atoms with Crippen molar-refractivity contribution in [1.82, 2.24) is 0 Å². The van der Waals surface area contributed by atoms with E-state index in [1.807, 2.05) is 13.8 Å². The molecule has 0 saturated heterocycles. The second-order valence-corrected chi connectivity index (χ2v) is 7.04. The molecule has 0 aromatic heterocycles. The lowest BCUT2D eigenvalue weighted by molar-refractivity contribution is -0.394. The van der Waals surface area contributed by atoms with E-state index < -0.39 is 36.0 Å². The number of nitro groups is 2. The minimum atomic E-state index is -3.90. The minimum absolute atomic E-state index is 0.244. The first-order valence-electron chi connectivity index (χ1n) is 7.05. The third-order valence-electron chi connectivity index (χ3n) is 3.17. The zero-order valence-corrected chi connectivity index (χ0v) is 14.0. The molecule has 9 nitrogen and oxygen atoms in total. The maximum Gasteiger partial charge on any atom is 0.318 e. The summed E-state index contributed by atoms with van der Waals surface area (Å²) in [7, 11) is -3.90. The molecule has 0 saturated carbocycles. The van der Waals surface area contributed by atoms with Crippen LogP contribution < -0.4 is 4.90 Å². The van der Waals surface area contributed by atoms with Crippen LogP contribution >= 0.6 is 0 Å². The van der Waals surface area contributed by atoms with Gasteiger partial charge in [-0.2, -0.15) is 0 Å². The number of sulfone groups is 1. The summed E-state index contributed by atoms with van der Waals surface area (Å²) in [6.45, 7) is 4.37. The predicted octanol–water partition coefficient (Wildman–Crippen LogP) is 2.53. The Bertz CT molecular complexity index is 711.